The lowest BCUT2D eigenvalue weighted by Gasteiger charge is -2.32. The summed E-state index contributed by atoms with van der Waals surface area (Å²) >= 11 is 0. The molecule has 0 aliphatic carbocycles. The highest BCUT2D eigenvalue weighted by atomic mass is 16.5. The van der Waals surface area contributed by atoms with Crippen LogP contribution in [0.25, 0.3) is 16.9 Å². The molecule has 0 radical (unpaired) electrons. The Morgan fingerprint density at radius 2 is 2.09 bits per heavy atom. The first-order valence-electron chi connectivity index (χ1n) is 11.5. The van der Waals surface area contributed by atoms with Crippen LogP contribution in [0, 0.1) is 0 Å². The van der Waals surface area contributed by atoms with Gasteiger partial charge in [0.2, 0.25) is 5.95 Å². The monoisotopic (exact) mass is 470 g/mol. The highest BCUT2D eigenvalue weighted by Crippen LogP contribution is 2.36. The number of aromatic nitrogens is 7. The third kappa shape index (κ3) is 3.74. The molecular weight excluding hydrogens is 444 g/mol. The molecule has 35 heavy (non-hydrogen) atoms. The average Bonchev–Trinajstić information content (AvgIpc) is 3.49. The minimum atomic E-state index is 0.187. The molecule has 2 N–H and O–H groups in total. The van der Waals surface area contributed by atoms with Crippen molar-refractivity contribution in [3.63, 3.8) is 0 Å². The molecule has 0 amide bonds. The van der Waals surface area contributed by atoms with E-state index in [0.717, 1.165) is 65.3 Å². The van der Waals surface area contributed by atoms with Crippen molar-refractivity contribution in [2.75, 3.05) is 37.5 Å². The number of nitrogens with zero attached hydrogens (tertiary/aromatic N) is 8. The summed E-state index contributed by atoms with van der Waals surface area (Å²) in [6, 6.07) is 7.93. The van der Waals surface area contributed by atoms with E-state index >= 15 is 0 Å². The zero-order valence-electron chi connectivity index (χ0n) is 19.8. The molecule has 4 aromatic rings. The first-order valence-corrected chi connectivity index (χ1v) is 11.5. The number of anilines is 3. The number of nitrogens with one attached hydrogen (secondary N) is 2. The molecule has 0 saturated heterocycles. The fourth-order valence-electron chi connectivity index (χ4n) is 4.74. The van der Waals surface area contributed by atoms with Gasteiger partial charge in [-0.25, -0.2) is 9.97 Å². The minimum Gasteiger partial charge on any atom is -0.482 e. The van der Waals surface area contributed by atoms with Crippen LogP contribution in [0.5, 0.6) is 0 Å². The molecule has 0 spiro atoms. The van der Waals surface area contributed by atoms with Gasteiger partial charge in [-0.15, -0.1) is 10.2 Å². The van der Waals surface area contributed by atoms with Crippen molar-refractivity contribution in [3.8, 4) is 11.3 Å². The first-order chi connectivity index (χ1) is 17.1. The largest absolute Gasteiger partial charge is 0.482 e. The van der Waals surface area contributed by atoms with E-state index in [1.54, 1.807) is 24.2 Å². The molecule has 0 bridgehead atoms. The summed E-state index contributed by atoms with van der Waals surface area (Å²) in [6.45, 7) is 1.60. The summed E-state index contributed by atoms with van der Waals surface area (Å²) < 4.78 is 9.42. The molecule has 4 aromatic heterocycles. The van der Waals surface area contributed by atoms with Gasteiger partial charge in [0.25, 0.3) is 0 Å². The molecule has 2 aliphatic heterocycles. The number of aryl methyl sites for hydroxylation is 1. The summed E-state index contributed by atoms with van der Waals surface area (Å²) in [5.41, 5.74) is 3.69. The van der Waals surface area contributed by atoms with E-state index in [2.05, 4.69) is 65.5 Å². The Labute approximate surface area is 202 Å². The lowest BCUT2D eigenvalue weighted by Crippen LogP contribution is -2.32. The molecule has 11 nitrogen and oxygen atoms in total. The smallest absolute Gasteiger partial charge is 0.228 e. The number of likely N-dealkylation sites (N-methyl/N-ethyl adjacent to an activating group) is 1. The molecular formula is C24H26N10O. The zero-order valence-corrected chi connectivity index (χ0v) is 19.8. The zero-order chi connectivity index (χ0) is 23.9. The Morgan fingerprint density at radius 1 is 1.17 bits per heavy atom. The van der Waals surface area contributed by atoms with Crippen LogP contribution in [-0.4, -0.2) is 61.6 Å². The van der Waals surface area contributed by atoms with Crippen LogP contribution in [0.1, 0.15) is 18.2 Å². The number of hydrogen-bond donors (Lipinski definition) is 2. The van der Waals surface area contributed by atoms with Crippen molar-refractivity contribution in [1.29, 1.82) is 0 Å². The summed E-state index contributed by atoms with van der Waals surface area (Å²) in [5.74, 6) is 4.33. The molecule has 0 saturated carbocycles. The first kappa shape index (κ1) is 21.1. The SMILES string of the molecule is COC1=C(CC2CN(C)c3cc(-c4ccnc(Nc5ccnn5C)n4)cc4nnc2n34)C=CCN1. The van der Waals surface area contributed by atoms with Crippen LogP contribution < -0.4 is 15.5 Å². The van der Waals surface area contributed by atoms with E-state index in [4.69, 9.17) is 9.72 Å². The van der Waals surface area contributed by atoms with Crippen LogP contribution in [0.15, 0.2) is 60.3 Å². The normalized spacial score (nSPS) is 17.1. The summed E-state index contributed by atoms with van der Waals surface area (Å²) in [6.07, 6.45) is 8.54. The van der Waals surface area contributed by atoms with Gasteiger partial charge in [-0.05, 0) is 24.6 Å². The number of methoxy groups -OCH3 is 1. The molecule has 0 fully saturated rings. The average molecular weight is 471 g/mol. The van der Waals surface area contributed by atoms with Gasteiger partial charge in [-0.3, -0.25) is 9.08 Å². The maximum absolute atomic E-state index is 5.55. The Hall–Kier alpha value is -4.41. The third-order valence-electron chi connectivity index (χ3n) is 6.44. The lowest BCUT2D eigenvalue weighted by molar-refractivity contribution is 0.257. The molecule has 0 aromatic carbocycles. The van der Waals surface area contributed by atoms with Gasteiger partial charge >= 0.3 is 0 Å². The van der Waals surface area contributed by atoms with Gasteiger partial charge in [0, 0.05) is 56.5 Å². The topological polar surface area (TPSA) is 110 Å². The van der Waals surface area contributed by atoms with Crippen LogP contribution in [0.2, 0.25) is 0 Å². The second-order valence-corrected chi connectivity index (χ2v) is 8.71. The number of rotatable bonds is 6. The van der Waals surface area contributed by atoms with Crippen molar-refractivity contribution >= 4 is 23.2 Å². The number of allylic oxidation sites excluding steroid dienone is 2. The maximum atomic E-state index is 5.55. The van der Waals surface area contributed by atoms with Crippen LogP contribution >= 0.6 is 0 Å². The van der Waals surface area contributed by atoms with Gasteiger partial charge in [0.1, 0.15) is 17.5 Å². The number of hydrogen-bond acceptors (Lipinski definition) is 9. The van der Waals surface area contributed by atoms with E-state index in [1.807, 2.05) is 25.2 Å². The second-order valence-electron chi connectivity index (χ2n) is 8.71. The van der Waals surface area contributed by atoms with Crippen LogP contribution in [0.4, 0.5) is 17.6 Å². The lowest BCUT2D eigenvalue weighted by atomic mass is 9.95. The number of dihydropyridines is 1. The van der Waals surface area contributed by atoms with E-state index in [1.165, 1.54) is 0 Å². The van der Waals surface area contributed by atoms with Crippen LogP contribution in [0.3, 0.4) is 0 Å². The quantitative estimate of drug-likeness (QED) is 0.439. The number of pyridine rings is 1. The number of ether oxygens (including phenoxy) is 1. The second kappa shape index (κ2) is 8.42. The van der Waals surface area contributed by atoms with Gasteiger partial charge in [0.15, 0.2) is 11.5 Å². The highest BCUT2D eigenvalue weighted by Gasteiger charge is 2.30. The van der Waals surface area contributed by atoms with Crippen molar-refractivity contribution in [2.45, 2.75) is 12.3 Å². The fourth-order valence-corrected chi connectivity index (χ4v) is 4.74. The predicted octanol–water partition coefficient (Wildman–Crippen LogP) is 2.60. The van der Waals surface area contributed by atoms with Crippen molar-refractivity contribution < 1.29 is 4.74 Å². The summed E-state index contributed by atoms with van der Waals surface area (Å²) in [5, 5.41) is 19.8. The highest BCUT2D eigenvalue weighted by molar-refractivity contribution is 5.71. The Morgan fingerprint density at radius 3 is 2.91 bits per heavy atom. The molecule has 178 valence electrons. The van der Waals surface area contributed by atoms with Gasteiger partial charge in [-0.2, -0.15) is 5.10 Å². The molecule has 6 rings (SSSR count). The summed E-state index contributed by atoms with van der Waals surface area (Å²) in [4.78, 5) is 11.3. The van der Waals surface area contributed by atoms with Gasteiger partial charge in [-0.1, -0.05) is 12.2 Å². The maximum Gasteiger partial charge on any atom is 0.228 e. The van der Waals surface area contributed by atoms with Gasteiger partial charge < -0.3 is 20.3 Å². The van der Waals surface area contributed by atoms with Gasteiger partial charge in [0.05, 0.1) is 19.0 Å². The molecule has 1 atom stereocenters. The molecule has 1 unspecified atom stereocenters. The van der Waals surface area contributed by atoms with E-state index < -0.39 is 0 Å². The molecule has 11 heteroatoms. The molecule has 2 aliphatic rings. The van der Waals surface area contributed by atoms with Crippen molar-refractivity contribution in [2.24, 2.45) is 7.05 Å². The van der Waals surface area contributed by atoms with E-state index in [-0.39, 0.29) is 5.92 Å². The molecule has 6 heterocycles. The Bertz CT molecular complexity index is 1470. The van der Waals surface area contributed by atoms with E-state index in [9.17, 15) is 0 Å². The Kier molecular flexibility index (Phi) is 5.09. The van der Waals surface area contributed by atoms with Crippen molar-refractivity contribution in [3.05, 3.63) is 66.1 Å². The summed E-state index contributed by atoms with van der Waals surface area (Å²) in [7, 11) is 5.67. The standard InChI is InChI=1S/C24H26N10O/c1-32-14-17(11-15-5-4-8-25-23(15)35-3)22-31-30-20-12-16(13-21(32)34(20)22)18-6-9-26-24(28-18)29-19-7-10-27-33(19)2/h4-7,9-10,12-13,17,25H,8,11,14H2,1-3H3,(H,26,28,29). The Balaban J connectivity index is 1.35. The minimum absolute atomic E-state index is 0.187. The van der Waals surface area contributed by atoms with Crippen LogP contribution in [-0.2, 0) is 11.8 Å². The predicted molar refractivity (Wildman–Crippen MR) is 132 cm³/mol. The van der Waals surface area contributed by atoms with E-state index in [0.29, 0.717) is 5.95 Å². The van der Waals surface area contributed by atoms with Crippen molar-refractivity contribution in [1.82, 2.24) is 39.7 Å². The fraction of sp³-hybridized carbons (Fsp3) is 0.292. The third-order valence-corrected chi connectivity index (χ3v) is 6.44.